The van der Waals surface area contributed by atoms with Crippen molar-refractivity contribution in [1.82, 2.24) is 0 Å². The molecule has 0 aromatic heterocycles. The normalized spacial score (nSPS) is 5.88. The quantitative estimate of drug-likeness (QED) is 0.405. The third kappa shape index (κ3) is 27.4. The number of nitro groups is 1. The third-order valence-electron chi connectivity index (χ3n) is 0.183. The zero-order chi connectivity index (χ0) is 6.99. The Morgan fingerprint density at radius 3 is 1.88 bits per heavy atom. The van der Waals surface area contributed by atoms with E-state index in [4.69, 9.17) is 10.1 Å². The van der Waals surface area contributed by atoms with Crippen LogP contribution in [0.4, 0.5) is 0 Å². The van der Waals surface area contributed by atoms with Crippen molar-refractivity contribution < 1.29 is 4.92 Å². The van der Waals surface area contributed by atoms with Gasteiger partial charge in [-0.3, -0.25) is 35.9 Å². The summed E-state index contributed by atoms with van der Waals surface area (Å²) in [5, 5.41) is 9.11. The van der Waals surface area contributed by atoms with Crippen LogP contribution in [0.25, 0.3) is 0 Å². The fourth-order valence-corrected chi connectivity index (χ4v) is 0. The van der Waals surface area contributed by atoms with Crippen LogP contribution in [-0.4, -0.2) is 27.5 Å². The van der Waals surface area contributed by atoms with E-state index in [2.05, 4.69) is 32.7 Å². The number of rotatable bonds is 1. The highest BCUT2D eigenvalue weighted by atomic mass is 79.9. The van der Waals surface area contributed by atoms with Crippen molar-refractivity contribution in [3.05, 3.63) is 17.0 Å². The molecule has 0 rings (SSSR count). The van der Waals surface area contributed by atoms with Crippen LogP contribution in [0.3, 0.4) is 0 Å². The van der Waals surface area contributed by atoms with E-state index in [1.807, 2.05) is 0 Å². The zero-order valence-corrected chi connectivity index (χ0v) is 8.73. The molecule has 0 bridgehead atoms. The van der Waals surface area contributed by atoms with Gasteiger partial charge >= 0.3 is 16.0 Å². The molecule has 0 heterocycles. The molecular formula is C2H4Br2MgNO2. The molecule has 0 aliphatic rings. The van der Waals surface area contributed by atoms with Gasteiger partial charge in [0.25, 0.3) is 0 Å². The van der Waals surface area contributed by atoms with Gasteiger partial charge in [-0.1, -0.05) is 0 Å². The van der Waals surface area contributed by atoms with Crippen molar-refractivity contribution in [2.45, 2.75) is 0 Å². The standard InChI is InChI=1S/C2H4NO2.2BrH.Mg/c1-2-3(4)5;;;/h1-2H2;2*1H;/q;;;+2/p-2. The van der Waals surface area contributed by atoms with E-state index < -0.39 is 4.92 Å². The summed E-state index contributed by atoms with van der Waals surface area (Å²) in [5.74, 6) is 0. The van der Waals surface area contributed by atoms with Gasteiger partial charge in [0.2, 0.25) is 6.54 Å². The predicted octanol–water partition coefficient (Wildman–Crippen LogP) is 1.41. The monoisotopic (exact) mass is 256 g/mol. The van der Waals surface area contributed by atoms with Crippen molar-refractivity contribution in [1.29, 1.82) is 0 Å². The number of halogens is 2. The maximum Gasteiger partial charge on any atom is 0.560 e. The highest BCUT2D eigenvalue weighted by molar-refractivity contribution is 9.47. The van der Waals surface area contributed by atoms with E-state index >= 15 is 0 Å². The average molecular weight is 258 g/mol. The molecule has 6 heteroatoms. The Morgan fingerprint density at radius 2 is 1.88 bits per heavy atom. The first-order valence-electron chi connectivity index (χ1n) is 1.72. The van der Waals surface area contributed by atoms with Crippen molar-refractivity contribution >= 4 is 41.8 Å². The van der Waals surface area contributed by atoms with Crippen molar-refractivity contribution in [2.75, 3.05) is 6.54 Å². The van der Waals surface area contributed by atoms with Gasteiger partial charge in [-0.15, -0.1) is 0 Å². The van der Waals surface area contributed by atoms with Crippen LogP contribution in [0.1, 0.15) is 0 Å². The average Bonchev–Trinajstić information content (AvgIpc) is 1.69. The summed E-state index contributed by atoms with van der Waals surface area (Å²) < 4.78 is 0. The van der Waals surface area contributed by atoms with Gasteiger partial charge in [0.15, 0.2) is 0 Å². The molecule has 45 valence electrons. The third-order valence-corrected chi connectivity index (χ3v) is 0.183. The Morgan fingerprint density at radius 1 is 1.75 bits per heavy atom. The first-order valence-corrected chi connectivity index (χ1v) is 9.51. The van der Waals surface area contributed by atoms with Crippen LogP contribution in [0, 0.1) is 17.0 Å². The lowest BCUT2D eigenvalue weighted by atomic mass is 10.8. The minimum atomic E-state index is -0.486. The van der Waals surface area contributed by atoms with Crippen LogP contribution < -0.4 is 0 Å². The fraction of sp³-hybridized carbons (Fsp3) is 0.500. The molecule has 0 aromatic rings. The minimum Gasteiger partial charge on any atom is -0.280 e. The van der Waals surface area contributed by atoms with Crippen LogP contribution in [-0.2, 0) is 0 Å². The highest BCUT2D eigenvalue weighted by Gasteiger charge is 1.77. The van der Waals surface area contributed by atoms with Crippen LogP contribution in [0.15, 0.2) is 0 Å². The summed E-state index contributed by atoms with van der Waals surface area (Å²) in [6.45, 7) is 2.76. The lowest BCUT2D eigenvalue weighted by Crippen LogP contribution is -1.92. The lowest BCUT2D eigenvalue weighted by Gasteiger charge is -1.73. The largest absolute Gasteiger partial charge is 0.560 e. The Balaban J connectivity index is 0. The Bertz CT molecular complexity index is 62.0. The maximum atomic E-state index is 9.11. The molecular weight excluding hydrogens is 254 g/mol. The molecule has 3 nitrogen and oxygen atoms in total. The molecule has 1 radical (unpaired) electrons. The van der Waals surface area contributed by atoms with Crippen LogP contribution >= 0.6 is 25.8 Å². The minimum absolute atomic E-state index is 0.0417. The van der Waals surface area contributed by atoms with Gasteiger partial charge in [0.05, 0.1) is 0 Å². The molecule has 0 spiro atoms. The van der Waals surface area contributed by atoms with Crippen molar-refractivity contribution in [2.24, 2.45) is 0 Å². The van der Waals surface area contributed by atoms with E-state index in [1.54, 1.807) is 0 Å². The molecule has 0 unspecified atom stereocenters. The van der Waals surface area contributed by atoms with Gasteiger partial charge in [-0.2, -0.15) is 0 Å². The van der Waals surface area contributed by atoms with Crippen molar-refractivity contribution in [3.63, 3.8) is 0 Å². The number of hydrogen-bond donors (Lipinski definition) is 0. The zero-order valence-electron chi connectivity index (χ0n) is 4.14. The van der Waals surface area contributed by atoms with E-state index in [0.29, 0.717) is 0 Å². The van der Waals surface area contributed by atoms with Crippen LogP contribution in [0.5, 0.6) is 0 Å². The van der Waals surface area contributed by atoms with Gasteiger partial charge < -0.3 is 0 Å². The highest BCUT2D eigenvalue weighted by Crippen LogP contribution is 1.77. The second-order valence-electron chi connectivity index (χ2n) is 0.657. The smallest absolute Gasteiger partial charge is 0.280 e. The second kappa shape index (κ2) is 11.0. The molecule has 0 atom stereocenters. The Kier molecular flexibility index (Phi) is 16.3. The van der Waals surface area contributed by atoms with E-state index in [0.717, 1.165) is 0 Å². The van der Waals surface area contributed by atoms with Gasteiger partial charge in [-0.25, -0.2) is 0 Å². The fourth-order valence-electron chi connectivity index (χ4n) is 0. The molecule has 0 aliphatic heterocycles. The SMILES string of the molecule is [Br][Mg][Br].[CH2]C[N+](=O)[O-]. The topological polar surface area (TPSA) is 43.1 Å². The summed E-state index contributed by atoms with van der Waals surface area (Å²) in [6, 6.07) is 0. The summed E-state index contributed by atoms with van der Waals surface area (Å²) >= 11 is 6.44. The van der Waals surface area contributed by atoms with Gasteiger partial charge in [-0.05, 0) is 0 Å². The molecule has 0 aliphatic carbocycles. The summed E-state index contributed by atoms with van der Waals surface area (Å²) in [7, 11) is 0. The molecule has 8 heavy (non-hydrogen) atoms. The summed E-state index contributed by atoms with van der Waals surface area (Å²) in [6.07, 6.45) is 0. The van der Waals surface area contributed by atoms with Gasteiger partial charge in [0.1, 0.15) is 0 Å². The Hall–Kier alpha value is 1.13. The first kappa shape index (κ1) is 11.9. The molecule has 0 aromatic carbocycles. The predicted molar refractivity (Wildman–Crippen MR) is 40.8 cm³/mol. The van der Waals surface area contributed by atoms with E-state index in [-0.39, 0.29) is 22.6 Å². The van der Waals surface area contributed by atoms with Gasteiger partial charge in [0, 0.05) is 11.8 Å². The summed E-state index contributed by atoms with van der Waals surface area (Å²) in [4.78, 5) is 8.62. The van der Waals surface area contributed by atoms with E-state index in [9.17, 15) is 0 Å². The van der Waals surface area contributed by atoms with Crippen LogP contribution in [0.2, 0.25) is 0 Å². The lowest BCUT2D eigenvalue weighted by molar-refractivity contribution is -0.469. The molecule has 0 fully saturated rings. The maximum absolute atomic E-state index is 9.11. The molecule has 0 saturated heterocycles. The number of nitrogens with zero attached hydrogens (tertiary/aromatic N) is 1. The number of hydrogen-bond acceptors (Lipinski definition) is 2. The first-order chi connectivity index (χ1) is 3.68. The van der Waals surface area contributed by atoms with E-state index in [1.165, 1.54) is 0 Å². The molecule has 0 amide bonds. The van der Waals surface area contributed by atoms with Crippen molar-refractivity contribution in [3.8, 4) is 0 Å². The molecule has 0 N–H and O–H groups in total. The summed E-state index contributed by atoms with van der Waals surface area (Å²) in [5.41, 5.74) is 0. The molecule has 0 saturated carbocycles. The Labute approximate surface area is 69.8 Å². The second-order valence-corrected chi connectivity index (χ2v) is 8.74.